The molecule has 4 heterocycles. The quantitative estimate of drug-likeness (QED) is 0.119. The van der Waals surface area contributed by atoms with Crippen molar-refractivity contribution in [3.63, 3.8) is 0 Å². The van der Waals surface area contributed by atoms with Crippen LogP contribution in [0.5, 0.6) is 11.8 Å². The van der Waals surface area contributed by atoms with E-state index in [9.17, 15) is 23.1 Å². The molecule has 6 aromatic rings. The number of fused-ring (bicyclic) bond motifs is 2. The Morgan fingerprint density at radius 1 is 0.700 bits per heavy atom. The number of hydrogen-bond donors (Lipinski definition) is 1. The third-order valence-corrected chi connectivity index (χ3v) is 13.0. The lowest BCUT2D eigenvalue weighted by atomic mass is 9.89. The number of sulfone groups is 1. The molecule has 60 heavy (non-hydrogen) atoms. The van der Waals surface area contributed by atoms with Gasteiger partial charge in [-0.3, -0.25) is 4.79 Å². The molecule has 8 rings (SSSR count). The number of ether oxygens (including phenoxy) is 2. The Hall–Kier alpha value is -4.91. The maximum Gasteiger partial charge on any atom is 0.353 e. The fourth-order valence-electron chi connectivity index (χ4n) is 9.14. The molecule has 0 aliphatic heterocycles. The van der Waals surface area contributed by atoms with Crippen molar-refractivity contribution in [2.24, 2.45) is 11.8 Å². The summed E-state index contributed by atoms with van der Waals surface area (Å²) in [5.74, 6) is -0.248. The molecule has 0 bridgehead atoms. The van der Waals surface area contributed by atoms with Gasteiger partial charge in [0.05, 0.1) is 19.9 Å². The van der Waals surface area contributed by atoms with Gasteiger partial charge in [-0.2, -0.15) is 0 Å². The number of nitrogens with zero attached hydrogens (tertiary/aromatic N) is 4. The van der Waals surface area contributed by atoms with E-state index < -0.39 is 27.3 Å². The predicted molar refractivity (Wildman–Crippen MR) is 238 cm³/mol. The Balaban J connectivity index is 0.000000183. The third kappa shape index (κ3) is 9.36. The lowest BCUT2D eigenvalue weighted by Crippen LogP contribution is -2.22. The maximum absolute atomic E-state index is 13.5. The summed E-state index contributed by atoms with van der Waals surface area (Å²) in [5, 5.41) is 12.9. The molecule has 0 atom stereocenters. The second-order valence-corrected chi connectivity index (χ2v) is 18.9. The lowest BCUT2D eigenvalue weighted by Gasteiger charge is -2.24. The Morgan fingerprint density at radius 2 is 1.13 bits per heavy atom. The molecule has 1 N–H and O–H groups in total. The van der Waals surface area contributed by atoms with Crippen LogP contribution in [-0.4, -0.2) is 70.6 Å². The summed E-state index contributed by atoms with van der Waals surface area (Å²) in [6.45, 7) is 1.36. The van der Waals surface area contributed by atoms with Crippen LogP contribution in [0.2, 0.25) is 10.0 Å². The van der Waals surface area contributed by atoms with Crippen molar-refractivity contribution in [3.8, 4) is 34.0 Å². The van der Waals surface area contributed by atoms with Gasteiger partial charge in [0.25, 0.3) is 0 Å². The number of carbonyl (C=O) groups excluding carboxylic acids is 1. The monoisotopic (exact) mass is 872 g/mol. The molecular formula is C46H50Cl2N4O7S. The van der Waals surface area contributed by atoms with E-state index in [0.29, 0.717) is 74.7 Å². The first-order chi connectivity index (χ1) is 28.9. The SMILES string of the molecule is COc1ncccc1-c1c(C(=O)CS(C)(=O)=O)n(CC2CCCCC2)c2ccc(Cl)cc12.COc1ncccc1-c1c(C(=O)O)n(CC2CCCCC2)c2ccc(Cl)cc12. The first-order valence-corrected chi connectivity index (χ1v) is 23.3. The van der Waals surface area contributed by atoms with Crippen molar-refractivity contribution in [3.05, 3.63) is 94.5 Å². The Kier molecular flexibility index (Phi) is 13.5. The lowest BCUT2D eigenvalue weighted by molar-refractivity contribution is 0.0684. The second-order valence-electron chi connectivity index (χ2n) is 15.9. The Bertz CT molecular complexity index is 2640. The van der Waals surface area contributed by atoms with Crippen LogP contribution in [0.1, 0.15) is 85.2 Å². The normalized spacial score (nSPS) is 15.2. The van der Waals surface area contributed by atoms with E-state index in [4.69, 9.17) is 32.7 Å². The molecule has 316 valence electrons. The van der Waals surface area contributed by atoms with Crippen LogP contribution in [0.15, 0.2) is 73.1 Å². The van der Waals surface area contributed by atoms with E-state index in [-0.39, 0.29) is 5.69 Å². The maximum atomic E-state index is 13.5. The summed E-state index contributed by atoms with van der Waals surface area (Å²) in [7, 11) is -0.449. The summed E-state index contributed by atoms with van der Waals surface area (Å²) in [6, 6.07) is 18.4. The summed E-state index contributed by atoms with van der Waals surface area (Å²) < 4.78 is 39.0. The highest BCUT2D eigenvalue weighted by Gasteiger charge is 2.30. The number of halogens is 2. The summed E-state index contributed by atoms with van der Waals surface area (Å²) >= 11 is 12.6. The first kappa shape index (κ1) is 43.2. The Labute approximate surface area is 360 Å². The van der Waals surface area contributed by atoms with Gasteiger partial charge in [-0.05, 0) is 98.2 Å². The predicted octanol–water partition coefficient (Wildman–Crippen LogP) is 10.8. The number of ketones is 1. The number of benzene rings is 2. The van der Waals surface area contributed by atoms with Crippen molar-refractivity contribution in [1.29, 1.82) is 0 Å². The van der Waals surface area contributed by atoms with E-state index in [1.54, 1.807) is 37.7 Å². The van der Waals surface area contributed by atoms with Gasteiger partial charge >= 0.3 is 5.97 Å². The van der Waals surface area contributed by atoms with Gasteiger partial charge < -0.3 is 23.7 Å². The minimum atomic E-state index is -3.52. The molecule has 4 aromatic heterocycles. The zero-order chi connectivity index (χ0) is 42.6. The average molecular weight is 874 g/mol. The molecule has 0 saturated heterocycles. The smallest absolute Gasteiger partial charge is 0.353 e. The summed E-state index contributed by atoms with van der Waals surface area (Å²) in [5.41, 5.74) is 4.94. The fourth-order valence-corrected chi connectivity index (χ4v) is 10.1. The molecule has 0 amide bonds. The number of aromatic nitrogens is 4. The molecule has 2 aliphatic carbocycles. The standard InChI is InChI=1S/C24H27ClN2O4S.C22H23ClN2O3/c1-31-24-18(9-6-12-26-24)22-19-13-17(25)10-11-20(19)27(14-16-7-4-3-5-8-16)23(22)21(28)15-32(2,29)30;1-28-21-16(8-5-11-24-21)19-17-12-15(23)9-10-18(17)25(20(19)22(26)27)13-14-6-3-2-4-7-14/h6,9-13,16H,3-5,7-8,14-15H2,1-2H3;5,8-12,14H,2-4,6-7,13H2,1H3,(H,26,27). The molecule has 11 nitrogen and oxygen atoms in total. The van der Waals surface area contributed by atoms with E-state index in [0.717, 1.165) is 53.7 Å². The van der Waals surface area contributed by atoms with E-state index in [1.807, 2.05) is 51.6 Å². The minimum Gasteiger partial charge on any atom is -0.481 e. The first-order valence-electron chi connectivity index (χ1n) is 20.4. The number of pyridine rings is 2. The molecule has 2 fully saturated rings. The van der Waals surface area contributed by atoms with Crippen molar-refractivity contribution in [1.82, 2.24) is 19.1 Å². The molecule has 0 spiro atoms. The molecule has 0 unspecified atom stereocenters. The van der Waals surface area contributed by atoms with Crippen LogP contribution in [0, 0.1) is 11.8 Å². The van der Waals surface area contributed by atoms with Gasteiger partial charge in [0.2, 0.25) is 11.8 Å². The van der Waals surface area contributed by atoms with Gasteiger partial charge in [0.15, 0.2) is 15.6 Å². The number of Topliss-reactive ketones (excluding diaryl/α,β-unsaturated/α-hetero) is 1. The van der Waals surface area contributed by atoms with Crippen molar-refractivity contribution < 1.29 is 32.6 Å². The van der Waals surface area contributed by atoms with E-state index >= 15 is 0 Å². The van der Waals surface area contributed by atoms with Gasteiger partial charge in [0.1, 0.15) is 11.4 Å². The number of methoxy groups -OCH3 is 2. The van der Waals surface area contributed by atoms with Crippen LogP contribution < -0.4 is 9.47 Å². The van der Waals surface area contributed by atoms with Crippen molar-refractivity contribution in [2.75, 3.05) is 26.2 Å². The molecule has 14 heteroatoms. The number of hydrogen-bond acceptors (Lipinski definition) is 8. The van der Waals surface area contributed by atoms with Crippen molar-refractivity contribution >= 4 is 66.6 Å². The highest BCUT2D eigenvalue weighted by atomic mass is 35.5. The van der Waals surface area contributed by atoms with E-state index in [2.05, 4.69) is 9.97 Å². The minimum absolute atomic E-state index is 0.272. The highest BCUT2D eigenvalue weighted by molar-refractivity contribution is 7.91. The third-order valence-electron chi connectivity index (χ3n) is 11.7. The number of carboxylic acids is 1. The zero-order valence-electron chi connectivity index (χ0n) is 34.1. The van der Waals surface area contributed by atoms with Crippen LogP contribution in [-0.2, 0) is 22.9 Å². The van der Waals surface area contributed by atoms with Crippen LogP contribution in [0.25, 0.3) is 44.1 Å². The number of carboxylic acid groups (broad SMARTS) is 1. The Morgan fingerprint density at radius 3 is 1.55 bits per heavy atom. The number of carbonyl (C=O) groups is 2. The largest absolute Gasteiger partial charge is 0.481 e. The van der Waals surface area contributed by atoms with Crippen LogP contribution in [0.4, 0.5) is 0 Å². The van der Waals surface area contributed by atoms with Gasteiger partial charge in [0, 0.05) is 85.8 Å². The molecule has 0 radical (unpaired) electrons. The van der Waals surface area contributed by atoms with Crippen LogP contribution >= 0.6 is 23.2 Å². The average Bonchev–Trinajstić information content (AvgIpc) is 3.72. The van der Waals surface area contributed by atoms with Gasteiger partial charge in [-0.15, -0.1) is 0 Å². The molecule has 2 aromatic carbocycles. The van der Waals surface area contributed by atoms with Gasteiger partial charge in [-0.1, -0.05) is 61.7 Å². The van der Waals surface area contributed by atoms with Gasteiger partial charge in [-0.25, -0.2) is 23.2 Å². The topological polar surface area (TPSA) is 143 Å². The fraction of sp³-hybridized carbons (Fsp3) is 0.391. The van der Waals surface area contributed by atoms with E-state index in [1.165, 1.54) is 45.6 Å². The summed E-state index contributed by atoms with van der Waals surface area (Å²) in [4.78, 5) is 34.5. The van der Waals surface area contributed by atoms with Crippen LogP contribution in [0.3, 0.4) is 0 Å². The number of rotatable bonds is 12. The molecular weight excluding hydrogens is 823 g/mol. The second kappa shape index (κ2) is 18.8. The zero-order valence-corrected chi connectivity index (χ0v) is 36.5. The molecule has 2 aliphatic rings. The number of aromatic carboxylic acids is 1. The molecule has 2 saturated carbocycles. The highest BCUT2D eigenvalue weighted by Crippen LogP contribution is 2.43. The van der Waals surface area contributed by atoms with Crippen molar-refractivity contribution in [2.45, 2.75) is 77.3 Å². The summed E-state index contributed by atoms with van der Waals surface area (Å²) in [6.07, 6.45) is 16.1.